The maximum absolute atomic E-state index is 10.3. The summed E-state index contributed by atoms with van der Waals surface area (Å²) in [5, 5.41) is 13.2. The van der Waals surface area contributed by atoms with Crippen molar-refractivity contribution in [3.05, 3.63) is 35.9 Å². The normalized spacial score (nSPS) is 14.5. The van der Waals surface area contributed by atoms with E-state index in [1.807, 2.05) is 30.3 Å². The number of guanidine groups is 1. The zero-order valence-electron chi connectivity index (χ0n) is 10.9. The lowest BCUT2D eigenvalue weighted by atomic mass is 9.96. The summed E-state index contributed by atoms with van der Waals surface area (Å²) in [6.45, 7) is 4.84. The molecule has 0 aromatic heterocycles. The molecule has 0 fully saturated rings. The maximum Gasteiger partial charge on any atom is 0.188 e. The summed E-state index contributed by atoms with van der Waals surface area (Å²) in [6, 6.07) is 9.47. The third-order valence-corrected chi connectivity index (χ3v) is 2.51. The third-order valence-electron chi connectivity index (χ3n) is 2.51. The van der Waals surface area contributed by atoms with Crippen molar-refractivity contribution >= 4 is 29.9 Å². The Balaban J connectivity index is 0.00000289. The first kappa shape index (κ1) is 17.2. The summed E-state index contributed by atoms with van der Waals surface area (Å²) in [7, 11) is 0. The van der Waals surface area contributed by atoms with Gasteiger partial charge in [-0.2, -0.15) is 0 Å². The predicted molar refractivity (Wildman–Crippen MR) is 86.2 cm³/mol. The number of nitrogens with two attached hydrogens (primary N) is 1. The van der Waals surface area contributed by atoms with Gasteiger partial charge in [0, 0.05) is 6.54 Å². The molecular formula is C13H22IN3O. The second-order valence-corrected chi connectivity index (χ2v) is 4.27. The molecule has 18 heavy (non-hydrogen) atoms. The van der Waals surface area contributed by atoms with Crippen LogP contribution in [0.2, 0.25) is 0 Å². The van der Waals surface area contributed by atoms with E-state index >= 15 is 0 Å². The topological polar surface area (TPSA) is 70.6 Å². The second kappa shape index (κ2) is 8.31. The summed E-state index contributed by atoms with van der Waals surface area (Å²) in [4.78, 5) is 4.14. The van der Waals surface area contributed by atoms with E-state index in [1.165, 1.54) is 0 Å². The number of benzene rings is 1. The largest absolute Gasteiger partial charge is 0.384 e. The Kier molecular flexibility index (Phi) is 7.93. The van der Waals surface area contributed by atoms with E-state index in [9.17, 15) is 5.11 Å². The van der Waals surface area contributed by atoms with Crippen molar-refractivity contribution in [2.45, 2.75) is 25.9 Å². The van der Waals surface area contributed by atoms with Crippen LogP contribution in [-0.2, 0) is 5.60 Å². The van der Waals surface area contributed by atoms with Gasteiger partial charge < -0.3 is 16.2 Å². The highest BCUT2D eigenvalue weighted by Crippen LogP contribution is 2.20. The Labute approximate surface area is 126 Å². The molecule has 0 saturated heterocycles. The lowest BCUT2D eigenvalue weighted by Crippen LogP contribution is -2.34. The number of nitrogens with zero attached hydrogens (tertiary/aromatic N) is 1. The Morgan fingerprint density at radius 3 is 2.56 bits per heavy atom. The van der Waals surface area contributed by atoms with Gasteiger partial charge in [-0.25, -0.2) is 0 Å². The number of nitrogens with one attached hydrogen (secondary N) is 1. The molecule has 0 heterocycles. The van der Waals surface area contributed by atoms with Crippen LogP contribution in [0.1, 0.15) is 25.8 Å². The Morgan fingerprint density at radius 2 is 2.00 bits per heavy atom. The van der Waals surface area contributed by atoms with Gasteiger partial charge in [0.25, 0.3) is 0 Å². The van der Waals surface area contributed by atoms with Crippen molar-refractivity contribution in [2.24, 2.45) is 10.7 Å². The Morgan fingerprint density at radius 1 is 1.39 bits per heavy atom. The lowest BCUT2D eigenvalue weighted by Gasteiger charge is -2.21. The lowest BCUT2D eigenvalue weighted by molar-refractivity contribution is 0.0673. The molecule has 1 atom stereocenters. The van der Waals surface area contributed by atoms with Gasteiger partial charge in [-0.1, -0.05) is 37.3 Å². The smallest absolute Gasteiger partial charge is 0.188 e. The molecule has 0 spiro atoms. The molecule has 1 aromatic rings. The molecule has 5 heteroatoms. The van der Waals surface area contributed by atoms with Gasteiger partial charge in [-0.15, -0.1) is 24.0 Å². The zero-order valence-corrected chi connectivity index (χ0v) is 13.2. The standard InChI is InChI=1S/C13H21N3O.HI/c1-3-9-15-12(14)16-10-13(2,17)11-7-5-4-6-8-11;/h4-8,17H,3,9-10H2,1-2H3,(H3,14,15,16);1H. The average molecular weight is 363 g/mol. The van der Waals surface area contributed by atoms with Crippen molar-refractivity contribution in [2.75, 3.05) is 13.1 Å². The molecule has 1 aromatic carbocycles. The van der Waals surface area contributed by atoms with Crippen molar-refractivity contribution in [3.63, 3.8) is 0 Å². The minimum absolute atomic E-state index is 0. The highest BCUT2D eigenvalue weighted by molar-refractivity contribution is 14.0. The van der Waals surface area contributed by atoms with Gasteiger partial charge in [0.15, 0.2) is 5.96 Å². The minimum Gasteiger partial charge on any atom is -0.384 e. The molecule has 0 saturated carbocycles. The molecule has 0 aliphatic carbocycles. The first-order chi connectivity index (χ1) is 8.06. The first-order valence-electron chi connectivity index (χ1n) is 5.88. The highest BCUT2D eigenvalue weighted by Gasteiger charge is 2.22. The molecule has 4 nitrogen and oxygen atoms in total. The van der Waals surface area contributed by atoms with Gasteiger partial charge >= 0.3 is 0 Å². The molecule has 1 rings (SSSR count). The van der Waals surface area contributed by atoms with Crippen LogP contribution in [-0.4, -0.2) is 24.2 Å². The SMILES string of the molecule is CCCNC(N)=NCC(C)(O)c1ccccc1.I. The van der Waals surface area contributed by atoms with Gasteiger partial charge in [-0.3, -0.25) is 4.99 Å². The second-order valence-electron chi connectivity index (χ2n) is 4.27. The summed E-state index contributed by atoms with van der Waals surface area (Å²) < 4.78 is 0. The number of aliphatic hydroxyl groups is 1. The van der Waals surface area contributed by atoms with E-state index in [2.05, 4.69) is 17.2 Å². The summed E-state index contributed by atoms with van der Waals surface area (Å²) in [6.07, 6.45) is 0.991. The van der Waals surface area contributed by atoms with Crippen LogP contribution in [0, 0.1) is 0 Å². The fraction of sp³-hybridized carbons (Fsp3) is 0.462. The van der Waals surface area contributed by atoms with Crippen molar-refractivity contribution < 1.29 is 5.11 Å². The van der Waals surface area contributed by atoms with Gasteiger partial charge in [0.2, 0.25) is 0 Å². The van der Waals surface area contributed by atoms with Crippen LogP contribution in [0.5, 0.6) is 0 Å². The zero-order chi connectivity index (χ0) is 12.7. The first-order valence-corrected chi connectivity index (χ1v) is 5.88. The Bertz CT molecular complexity index is 366. The summed E-state index contributed by atoms with van der Waals surface area (Å²) in [5.74, 6) is 0.378. The number of hydrogen-bond acceptors (Lipinski definition) is 2. The van der Waals surface area contributed by atoms with Gasteiger partial charge in [0.05, 0.1) is 6.54 Å². The molecule has 4 N–H and O–H groups in total. The highest BCUT2D eigenvalue weighted by atomic mass is 127. The van der Waals surface area contributed by atoms with Crippen molar-refractivity contribution in [1.82, 2.24) is 5.32 Å². The molecule has 0 bridgehead atoms. The van der Waals surface area contributed by atoms with Crippen LogP contribution >= 0.6 is 24.0 Å². The van der Waals surface area contributed by atoms with Gasteiger partial charge in [0.1, 0.15) is 5.60 Å². The monoisotopic (exact) mass is 363 g/mol. The number of hydrogen-bond donors (Lipinski definition) is 3. The van der Waals surface area contributed by atoms with Crippen LogP contribution in [0.15, 0.2) is 35.3 Å². The quantitative estimate of drug-likeness (QED) is 0.425. The average Bonchev–Trinajstić information content (AvgIpc) is 2.35. The maximum atomic E-state index is 10.3. The molecule has 0 aliphatic rings. The van der Waals surface area contributed by atoms with Crippen LogP contribution < -0.4 is 11.1 Å². The van der Waals surface area contributed by atoms with E-state index < -0.39 is 5.60 Å². The number of rotatable bonds is 5. The molecule has 0 amide bonds. The Hall–Kier alpha value is -0.820. The van der Waals surface area contributed by atoms with E-state index in [0.717, 1.165) is 18.5 Å². The van der Waals surface area contributed by atoms with E-state index in [-0.39, 0.29) is 30.5 Å². The molecule has 102 valence electrons. The fourth-order valence-electron chi connectivity index (χ4n) is 1.44. The summed E-state index contributed by atoms with van der Waals surface area (Å²) in [5.41, 5.74) is 5.53. The van der Waals surface area contributed by atoms with Crippen molar-refractivity contribution in [3.8, 4) is 0 Å². The molecule has 1 unspecified atom stereocenters. The molecular weight excluding hydrogens is 341 g/mol. The van der Waals surface area contributed by atoms with Crippen LogP contribution in [0.25, 0.3) is 0 Å². The van der Waals surface area contributed by atoms with E-state index in [1.54, 1.807) is 6.92 Å². The van der Waals surface area contributed by atoms with E-state index in [4.69, 9.17) is 5.73 Å². The van der Waals surface area contributed by atoms with Crippen LogP contribution in [0.3, 0.4) is 0 Å². The summed E-state index contributed by atoms with van der Waals surface area (Å²) >= 11 is 0. The van der Waals surface area contributed by atoms with Gasteiger partial charge in [-0.05, 0) is 18.9 Å². The minimum atomic E-state index is -0.986. The number of halogens is 1. The van der Waals surface area contributed by atoms with Crippen LogP contribution in [0.4, 0.5) is 0 Å². The van der Waals surface area contributed by atoms with Crippen molar-refractivity contribution in [1.29, 1.82) is 0 Å². The van der Waals surface area contributed by atoms with E-state index in [0.29, 0.717) is 5.96 Å². The number of aliphatic imine (C=N–C) groups is 1. The molecule has 0 aliphatic heterocycles. The predicted octanol–water partition coefficient (Wildman–Crippen LogP) is 1.83. The third kappa shape index (κ3) is 5.68. The molecule has 0 radical (unpaired) electrons. The fourth-order valence-corrected chi connectivity index (χ4v) is 1.44.